The minimum atomic E-state index is -1.02. The molecule has 0 aromatic heterocycles. The quantitative estimate of drug-likeness (QED) is 0.248. The maximum Gasteiger partial charge on any atom is 0.246 e. The normalized spacial score (nSPS) is 21.7. The van der Waals surface area contributed by atoms with Crippen molar-refractivity contribution in [2.24, 2.45) is 16.5 Å². The highest BCUT2D eigenvalue weighted by Crippen LogP contribution is 2.18. The second kappa shape index (κ2) is 13.0. The van der Waals surface area contributed by atoms with Gasteiger partial charge in [-0.25, -0.2) is 0 Å². The fourth-order valence-electron chi connectivity index (χ4n) is 3.48. The maximum absolute atomic E-state index is 13.1. The minimum absolute atomic E-state index is 0.000691. The van der Waals surface area contributed by atoms with Gasteiger partial charge in [-0.2, -0.15) is 0 Å². The topological polar surface area (TPSA) is 152 Å². The van der Waals surface area contributed by atoms with Crippen molar-refractivity contribution in [3.05, 3.63) is 0 Å². The number of rotatable bonds is 6. The van der Waals surface area contributed by atoms with Crippen LogP contribution in [0.4, 0.5) is 0 Å². The van der Waals surface area contributed by atoms with Crippen molar-refractivity contribution in [1.82, 2.24) is 16.0 Å². The maximum atomic E-state index is 13.1. The number of nitrogens with two attached hydrogens (primary N) is 2. The first-order valence-corrected chi connectivity index (χ1v) is 10.8. The molecule has 1 rings (SSSR count). The highest BCUT2D eigenvalue weighted by Gasteiger charge is 2.38. The molecule has 0 aliphatic carbocycles. The molecular weight excluding hydrogens is 372 g/mol. The number of guanidine groups is 1. The molecule has 9 nitrogen and oxygen atoms in total. The van der Waals surface area contributed by atoms with Crippen molar-refractivity contribution < 1.29 is 14.4 Å². The fraction of sp³-hybridized carbons (Fsp3) is 0.800. The predicted octanol–water partition coefficient (Wildman–Crippen LogP) is 0.670. The summed E-state index contributed by atoms with van der Waals surface area (Å²) in [7, 11) is 0. The molecule has 0 aromatic carbocycles. The van der Waals surface area contributed by atoms with Gasteiger partial charge in [0.1, 0.15) is 11.6 Å². The smallest absolute Gasteiger partial charge is 0.246 e. The Morgan fingerprint density at radius 1 is 1.07 bits per heavy atom. The van der Waals surface area contributed by atoms with Crippen molar-refractivity contribution in [2.45, 2.75) is 89.6 Å². The van der Waals surface area contributed by atoms with E-state index in [1.54, 1.807) is 0 Å². The molecule has 1 aliphatic heterocycles. The number of amides is 3. The summed E-state index contributed by atoms with van der Waals surface area (Å²) in [6.07, 6.45) is 6.93. The second-order valence-corrected chi connectivity index (χ2v) is 7.62. The number of aliphatic imine (C=N–C) groups is 1. The Morgan fingerprint density at radius 2 is 1.72 bits per heavy atom. The van der Waals surface area contributed by atoms with Crippen LogP contribution in [0, 0.1) is 0 Å². The number of hydrogen-bond acceptors (Lipinski definition) is 4. The zero-order valence-electron chi connectivity index (χ0n) is 17.9. The van der Waals surface area contributed by atoms with Gasteiger partial charge >= 0.3 is 0 Å². The van der Waals surface area contributed by atoms with Gasteiger partial charge in [0.15, 0.2) is 5.96 Å². The van der Waals surface area contributed by atoms with Gasteiger partial charge in [0.05, 0.1) is 0 Å². The van der Waals surface area contributed by atoms with Gasteiger partial charge in [-0.05, 0) is 38.5 Å². The zero-order valence-corrected chi connectivity index (χ0v) is 17.9. The van der Waals surface area contributed by atoms with E-state index in [1.807, 2.05) is 13.8 Å². The first kappa shape index (κ1) is 24.7. The van der Waals surface area contributed by atoms with Gasteiger partial charge in [0.25, 0.3) is 0 Å². The number of nitrogens with zero attached hydrogens (tertiary/aromatic N) is 1. The summed E-state index contributed by atoms with van der Waals surface area (Å²) in [6, 6.07) is -0.698. The molecule has 1 unspecified atom stereocenters. The molecule has 1 fully saturated rings. The molecule has 0 bridgehead atoms. The SMILES string of the molecule is CCC1(CC)NC(=O)CCCCCCCNC(=O)C(CCCN=C(N)N)NC1=O. The van der Waals surface area contributed by atoms with E-state index in [2.05, 4.69) is 20.9 Å². The molecule has 166 valence electrons. The van der Waals surface area contributed by atoms with E-state index >= 15 is 0 Å². The number of hydrogen-bond donors (Lipinski definition) is 5. The van der Waals surface area contributed by atoms with E-state index in [0.29, 0.717) is 45.2 Å². The summed E-state index contributed by atoms with van der Waals surface area (Å²) >= 11 is 0. The summed E-state index contributed by atoms with van der Waals surface area (Å²) in [4.78, 5) is 42.1. The Bertz CT molecular complexity index is 571. The molecule has 1 heterocycles. The van der Waals surface area contributed by atoms with Crippen molar-refractivity contribution in [3.63, 3.8) is 0 Å². The lowest BCUT2D eigenvalue weighted by Crippen LogP contribution is -2.61. The average Bonchev–Trinajstić information content (AvgIpc) is 2.69. The van der Waals surface area contributed by atoms with Crippen LogP contribution in [0.1, 0.15) is 78.1 Å². The summed E-state index contributed by atoms with van der Waals surface area (Å²) in [5, 5.41) is 8.71. The van der Waals surface area contributed by atoms with Crippen LogP contribution < -0.4 is 27.4 Å². The molecule has 0 spiro atoms. The summed E-state index contributed by atoms with van der Waals surface area (Å²) in [6.45, 7) is 4.69. The lowest BCUT2D eigenvalue weighted by Gasteiger charge is -2.33. The molecule has 0 radical (unpaired) electrons. The van der Waals surface area contributed by atoms with Gasteiger partial charge in [-0.3, -0.25) is 19.4 Å². The van der Waals surface area contributed by atoms with Gasteiger partial charge in [0, 0.05) is 19.5 Å². The highest BCUT2D eigenvalue weighted by molar-refractivity contribution is 5.94. The van der Waals surface area contributed by atoms with Crippen molar-refractivity contribution in [3.8, 4) is 0 Å². The van der Waals surface area contributed by atoms with Crippen LogP contribution in [0.2, 0.25) is 0 Å². The van der Waals surface area contributed by atoms with Gasteiger partial charge in [-0.1, -0.05) is 33.1 Å². The van der Waals surface area contributed by atoms with Crippen LogP contribution in [-0.4, -0.2) is 48.4 Å². The highest BCUT2D eigenvalue weighted by atomic mass is 16.2. The average molecular weight is 411 g/mol. The minimum Gasteiger partial charge on any atom is -0.370 e. The van der Waals surface area contributed by atoms with E-state index in [9.17, 15) is 14.4 Å². The lowest BCUT2D eigenvalue weighted by atomic mass is 9.90. The molecule has 0 aromatic rings. The van der Waals surface area contributed by atoms with Crippen molar-refractivity contribution in [2.75, 3.05) is 13.1 Å². The Labute approximate surface area is 173 Å². The van der Waals surface area contributed by atoms with Crippen molar-refractivity contribution >= 4 is 23.7 Å². The monoisotopic (exact) mass is 410 g/mol. The molecule has 9 heteroatoms. The molecule has 29 heavy (non-hydrogen) atoms. The summed E-state index contributed by atoms with van der Waals surface area (Å²) < 4.78 is 0. The fourth-order valence-corrected chi connectivity index (χ4v) is 3.48. The van der Waals surface area contributed by atoms with Crippen LogP contribution in [0.15, 0.2) is 4.99 Å². The number of nitrogens with one attached hydrogen (secondary N) is 3. The van der Waals surface area contributed by atoms with Crippen LogP contribution in [-0.2, 0) is 14.4 Å². The second-order valence-electron chi connectivity index (χ2n) is 7.62. The molecule has 1 atom stereocenters. The molecule has 0 saturated carbocycles. The third kappa shape index (κ3) is 8.70. The van der Waals surface area contributed by atoms with E-state index in [-0.39, 0.29) is 23.7 Å². The summed E-state index contributed by atoms with van der Waals surface area (Å²) in [5.41, 5.74) is 9.66. The first-order valence-electron chi connectivity index (χ1n) is 10.8. The molecule has 7 N–H and O–H groups in total. The third-order valence-electron chi connectivity index (χ3n) is 5.47. The zero-order chi connectivity index (χ0) is 21.7. The largest absolute Gasteiger partial charge is 0.370 e. The molecule has 3 amide bonds. The number of carbonyl (C=O) groups is 3. The Kier molecular flexibility index (Phi) is 11.1. The van der Waals surface area contributed by atoms with Gasteiger partial charge in [0.2, 0.25) is 17.7 Å². The summed E-state index contributed by atoms with van der Waals surface area (Å²) in [5.74, 6) is -0.662. The van der Waals surface area contributed by atoms with Gasteiger partial charge in [-0.15, -0.1) is 0 Å². The van der Waals surface area contributed by atoms with Crippen molar-refractivity contribution in [1.29, 1.82) is 0 Å². The lowest BCUT2D eigenvalue weighted by molar-refractivity contribution is -0.136. The Morgan fingerprint density at radius 3 is 2.38 bits per heavy atom. The van der Waals surface area contributed by atoms with Crippen LogP contribution in [0.3, 0.4) is 0 Å². The van der Waals surface area contributed by atoms with E-state index in [4.69, 9.17) is 11.5 Å². The van der Waals surface area contributed by atoms with Gasteiger partial charge < -0.3 is 27.4 Å². The molecular formula is C20H38N6O3. The Balaban J connectivity index is 2.96. The van der Waals surface area contributed by atoms with E-state index in [0.717, 1.165) is 32.1 Å². The van der Waals surface area contributed by atoms with E-state index < -0.39 is 11.6 Å². The predicted molar refractivity (Wildman–Crippen MR) is 114 cm³/mol. The number of carbonyl (C=O) groups excluding carboxylic acids is 3. The standard InChI is InChI=1S/C20H38N6O3/c1-3-20(4-2)18(29)25-15(11-10-14-24-19(21)22)17(28)23-13-9-7-5-6-8-12-16(27)26-20/h15H,3-14H2,1-2H3,(H,23,28)(H,25,29)(H,26,27)(H4,21,22,24). The molecule has 1 saturated heterocycles. The Hall–Kier alpha value is -2.32. The first-order chi connectivity index (χ1) is 13.8. The van der Waals surface area contributed by atoms with Crippen LogP contribution in [0.5, 0.6) is 0 Å². The van der Waals surface area contributed by atoms with Crippen LogP contribution in [0.25, 0.3) is 0 Å². The molecule has 1 aliphatic rings. The van der Waals surface area contributed by atoms with Crippen LogP contribution >= 0.6 is 0 Å². The van der Waals surface area contributed by atoms with E-state index in [1.165, 1.54) is 0 Å². The third-order valence-corrected chi connectivity index (χ3v) is 5.47.